The molecule has 0 radical (unpaired) electrons. The number of benzene rings is 1. The Hall–Kier alpha value is -2.46. The van der Waals surface area contributed by atoms with E-state index in [1.54, 1.807) is 11.3 Å². The van der Waals surface area contributed by atoms with Gasteiger partial charge < -0.3 is 4.57 Å². The number of hydrogen-bond acceptors (Lipinski definition) is 3. The Morgan fingerprint density at radius 2 is 1.91 bits per heavy atom. The van der Waals surface area contributed by atoms with Crippen molar-refractivity contribution >= 4 is 22.5 Å². The monoisotopic (exact) mass is 305 g/mol. The molecule has 0 unspecified atom stereocenters. The van der Waals surface area contributed by atoms with Crippen LogP contribution in [0.5, 0.6) is 0 Å². The van der Waals surface area contributed by atoms with Gasteiger partial charge in [0, 0.05) is 6.20 Å². The van der Waals surface area contributed by atoms with E-state index >= 15 is 0 Å². The lowest BCUT2D eigenvalue weighted by Crippen LogP contribution is -2.02. The first-order chi connectivity index (χ1) is 10.8. The number of aryl methyl sites for hydroxylation is 1. The van der Waals surface area contributed by atoms with E-state index in [0.717, 1.165) is 23.5 Å². The van der Waals surface area contributed by atoms with Crippen molar-refractivity contribution in [2.24, 2.45) is 0 Å². The molecule has 0 atom stereocenters. The second-order valence-corrected chi connectivity index (χ2v) is 6.28. The van der Waals surface area contributed by atoms with Crippen LogP contribution in [0.2, 0.25) is 0 Å². The number of fused-ring (bicyclic) bond motifs is 1. The molecule has 1 aromatic carbocycles. The topological polar surface area (TPSA) is 30.7 Å². The summed E-state index contributed by atoms with van der Waals surface area (Å²) in [6, 6.07) is 16.7. The molecule has 108 valence electrons. The first-order valence-corrected chi connectivity index (χ1v) is 8.10. The van der Waals surface area contributed by atoms with Crippen LogP contribution >= 0.6 is 11.3 Å². The Morgan fingerprint density at radius 1 is 1.05 bits per heavy atom. The van der Waals surface area contributed by atoms with Gasteiger partial charge in [-0.2, -0.15) is 0 Å². The smallest absolute Gasteiger partial charge is 0.160 e. The van der Waals surface area contributed by atoms with Gasteiger partial charge in [-0.25, -0.2) is 9.97 Å². The van der Waals surface area contributed by atoms with E-state index in [9.17, 15) is 0 Å². The molecule has 22 heavy (non-hydrogen) atoms. The van der Waals surface area contributed by atoms with Gasteiger partial charge in [-0.3, -0.25) is 0 Å². The van der Waals surface area contributed by atoms with Crippen LogP contribution < -0.4 is 0 Å². The summed E-state index contributed by atoms with van der Waals surface area (Å²) in [6.45, 7) is 2.88. The van der Waals surface area contributed by atoms with E-state index in [1.807, 2.05) is 18.3 Å². The molecule has 0 aliphatic carbocycles. The maximum absolute atomic E-state index is 4.78. The molecule has 0 fully saturated rings. The summed E-state index contributed by atoms with van der Waals surface area (Å²) in [5, 5.41) is 2.08. The van der Waals surface area contributed by atoms with Crippen LogP contribution in [-0.4, -0.2) is 14.5 Å². The van der Waals surface area contributed by atoms with Gasteiger partial charge in [0.25, 0.3) is 0 Å². The van der Waals surface area contributed by atoms with Crippen molar-refractivity contribution in [1.29, 1.82) is 0 Å². The SMILES string of the molecule is Cc1ccc(Cn2c(-c3cccs3)nc3cccnc32)cc1. The minimum Gasteiger partial charge on any atom is -0.304 e. The third kappa shape index (κ3) is 2.31. The molecule has 0 spiro atoms. The molecule has 4 aromatic rings. The number of rotatable bonds is 3. The van der Waals surface area contributed by atoms with E-state index in [0.29, 0.717) is 0 Å². The summed E-state index contributed by atoms with van der Waals surface area (Å²) in [4.78, 5) is 10.5. The molecule has 0 N–H and O–H groups in total. The van der Waals surface area contributed by atoms with E-state index < -0.39 is 0 Å². The molecule has 0 aliphatic heterocycles. The molecule has 3 nitrogen and oxygen atoms in total. The molecule has 0 amide bonds. The summed E-state index contributed by atoms with van der Waals surface area (Å²) in [5.74, 6) is 0.990. The molecule has 0 bridgehead atoms. The Morgan fingerprint density at radius 3 is 2.68 bits per heavy atom. The number of imidazole rings is 1. The lowest BCUT2D eigenvalue weighted by Gasteiger charge is -2.08. The van der Waals surface area contributed by atoms with Gasteiger partial charge in [-0.15, -0.1) is 11.3 Å². The maximum atomic E-state index is 4.78. The molecule has 4 heteroatoms. The number of pyridine rings is 1. The maximum Gasteiger partial charge on any atom is 0.160 e. The van der Waals surface area contributed by atoms with Gasteiger partial charge in [0.2, 0.25) is 0 Å². The quantitative estimate of drug-likeness (QED) is 0.557. The molecule has 0 aliphatic rings. The van der Waals surface area contributed by atoms with Crippen molar-refractivity contribution in [3.05, 3.63) is 71.2 Å². The van der Waals surface area contributed by atoms with Crippen LogP contribution in [0, 0.1) is 6.92 Å². The fraction of sp³-hybridized carbons (Fsp3) is 0.111. The number of nitrogens with zero attached hydrogens (tertiary/aromatic N) is 3. The fourth-order valence-electron chi connectivity index (χ4n) is 2.58. The average molecular weight is 305 g/mol. The minimum absolute atomic E-state index is 0.779. The van der Waals surface area contributed by atoms with Crippen molar-refractivity contribution < 1.29 is 0 Å². The van der Waals surface area contributed by atoms with Gasteiger partial charge in [-0.05, 0) is 36.1 Å². The Bertz CT molecular complexity index is 905. The lowest BCUT2D eigenvalue weighted by atomic mass is 10.1. The largest absolute Gasteiger partial charge is 0.304 e. The van der Waals surface area contributed by atoms with E-state index in [1.165, 1.54) is 16.0 Å². The predicted molar refractivity (Wildman–Crippen MR) is 91.1 cm³/mol. The van der Waals surface area contributed by atoms with Crippen LogP contribution in [0.25, 0.3) is 21.9 Å². The van der Waals surface area contributed by atoms with E-state index in [2.05, 4.69) is 58.3 Å². The van der Waals surface area contributed by atoms with Crippen LogP contribution in [-0.2, 0) is 6.54 Å². The third-order valence-electron chi connectivity index (χ3n) is 3.71. The molecule has 4 rings (SSSR count). The third-order valence-corrected chi connectivity index (χ3v) is 4.57. The summed E-state index contributed by atoms with van der Waals surface area (Å²) >= 11 is 1.71. The van der Waals surface area contributed by atoms with Gasteiger partial charge in [0.15, 0.2) is 11.5 Å². The zero-order valence-corrected chi connectivity index (χ0v) is 13.0. The highest BCUT2D eigenvalue weighted by molar-refractivity contribution is 7.13. The summed E-state index contributed by atoms with van der Waals surface area (Å²) < 4.78 is 2.20. The normalized spacial score (nSPS) is 11.1. The highest BCUT2D eigenvalue weighted by Crippen LogP contribution is 2.28. The molecule has 0 saturated carbocycles. The predicted octanol–water partition coefficient (Wildman–Crippen LogP) is 4.52. The molecular formula is C18H15N3S. The number of aromatic nitrogens is 3. The number of hydrogen-bond donors (Lipinski definition) is 0. The fourth-order valence-corrected chi connectivity index (χ4v) is 3.30. The van der Waals surface area contributed by atoms with E-state index in [4.69, 9.17) is 4.98 Å². The highest BCUT2D eigenvalue weighted by Gasteiger charge is 2.14. The van der Waals surface area contributed by atoms with Crippen molar-refractivity contribution in [2.45, 2.75) is 13.5 Å². The van der Waals surface area contributed by atoms with E-state index in [-0.39, 0.29) is 0 Å². The van der Waals surface area contributed by atoms with Crippen LogP contribution in [0.15, 0.2) is 60.1 Å². The van der Waals surface area contributed by atoms with Crippen molar-refractivity contribution in [3.8, 4) is 10.7 Å². The molecular weight excluding hydrogens is 290 g/mol. The van der Waals surface area contributed by atoms with Gasteiger partial charge >= 0.3 is 0 Å². The second kappa shape index (κ2) is 5.39. The highest BCUT2D eigenvalue weighted by atomic mass is 32.1. The summed E-state index contributed by atoms with van der Waals surface area (Å²) in [7, 11) is 0. The minimum atomic E-state index is 0.779. The Labute approximate surface area is 132 Å². The van der Waals surface area contributed by atoms with Crippen LogP contribution in [0.4, 0.5) is 0 Å². The van der Waals surface area contributed by atoms with Crippen molar-refractivity contribution in [2.75, 3.05) is 0 Å². The average Bonchev–Trinajstić information content (AvgIpc) is 3.18. The standard InChI is InChI=1S/C18H15N3S/c1-13-6-8-14(9-7-13)12-21-17-15(4-2-10-19-17)20-18(21)16-5-3-11-22-16/h2-11H,12H2,1H3. The van der Waals surface area contributed by atoms with Crippen molar-refractivity contribution in [1.82, 2.24) is 14.5 Å². The summed E-state index contributed by atoms with van der Waals surface area (Å²) in [6.07, 6.45) is 1.83. The zero-order valence-electron chi connectivity index (χ0n) is 12.2. The first-order valence-electron chi connectivity index (χ1n) is 7.22. The number of thiophene rings is 1. The van der Waals surface area contributed by atoms with Gasteiger partial charge in [-0.1, -0.05) is 35.9 Å². The first kappa shape index (κ1) is 13.2. The second-order valence-electron chi connectivity index (χ2n) is 5.33. The molecule has 3 heterocycles. The zero-order chi connectivity index (χ0) is 14.9. The van der Waals surface area contributed by atoms with Crippen LogP contribution in [0.1, 0.15) is 11.1 Å². The van der Waals surface area contributed by atoms with Crippen molar-refractivity contribution in [3.63, 3.8) is 0 Å². The Kier molecular flexibility index (Phi) is 3.24. The van der Waals surface area contributed by atoms with Gasteiger partial charge in [0.1, 0.15) is 5.52 Å². The molecule has 0 saturated heterocycles. The van der Waals surface area contributed by atoms with Crippen LogP contribution in [0.3, 0.4) is 0 Å². The molecule has 3 aromatic heterocycles. The summed E-state index contributed by atoms with van der Waals surface area (Å²) in [5.41, 5.74) is 4.41. The van der Waals surface area contributed by atoms with Gasteiger partial charge in [0.05, 0.1) is 11.4 Å². The Balaban J connectivity index is 1.87. The lowest BCUT2D eigenvalue weighted by molar-refractivity contribution is 0.825.